The van der Waals surface area contributed by atoms with Gasteiger partial charge in [0.05, 0.1) is 6.10 Å². The van der Waals surface area contributed by atoms with Crippen LogP contribution in [0.3, 0.4) is 0 Å². The first-order valence-corrected chi connectivity index (χ1v) is 5.28. The van der Waals surface area contributed by atoms with Crippen LogP contribution in [-0.2, 0) is 0 Å². The number of H-pyrrole nitrogens is 1. The summed E-state index contributed by atoms with van der Waals surface area (Å²) >= 11 is 0. The van der Waals surface area contributed by atoms with Crippen molar-refractivity contribution in [3.63, 3.8) is 0 Å². The number of hydrogen-bond donors (Lipinski definition) is 4. The average molecular weight is 226 g/mol. The van der Waals surface area contributed by atoms with Crippen LogP contribution in [0.15, 0.2) is 10.9 Å². The Hall–Kier alpha value is -1.40. The molecule has 0 aromatic carbocycles. The van der Waals surface area contributed by atoms with Crippen LogP contribution in [0.1, 0.15) is 12.7 Å². The first-order valence-electron chi connectivity index (χ1n) is 5.28. The maximum absolute atomic E-state index is 11.1. The molecule has 1 aromatic heterocycles. The minimum absolute atomic E-state index is 0.160. The van der Waals surface area contributed by atoms with Crippen molar-refractivity contribution in [3.8, 4) is 0 Å². The molecule has 0 aliphatic carbocycles. The molecule has 0 radical (unpaired) electrons. The number of rotatable bonds is 6. The van der Waals surface area contributed by atoms with Gasteiger partial charge in [0.25, 0.3) is 5.56 Å². The number of aliphatic hydroxyl groups excluding tert-OH is 1. The number of hydrogen-bond acceptors (Lipinski definition) is 5. The molecule has 1 atom stereocenters. The highest BCUT2D eigenvalue weighted by Crippen LogP contribution is 1.96. The lowest BCUT2D eigenvalue weighted by Gasteiger charge is -2.08. The second-order valence-electron chi connectivity index (χ2n) is 3.70. The Morgan fingerprint density at radius 2 is 2.31 bits per heavy atom. The van der Waals surface area contributed by atoms with Gasteiger partial charge >= 0.3 is 0 Å². The molecule has 6 nitrogen and oxygen atoms in total. The highest BCUT2D eigenvalue weighted by molar-refractivity contribution is 5.32. The van der Waals surface area contributed by atoms with Gasteiger partial charge in [-0.25, -0.2) is 4.98 Å². The molecule has 4 N–H and O–H groups in total. The summed E-state index contributed by atoms with van der Waals surface area (Å²) in [6.45, 7) is 5.38. The van der Waals surface area contributed by atoms with E-state index in [1.165, 1.54) is 6.07 Å². The molecule has 0 aliphatic heterocycles. The van der Waals surface area contributed by atoms with Crippen LogP contribution in [0, 0.1) is 6.92 Å². The van der Waals surface area contributed by atoms with Crippen molar-refractivity contribution in [2.24, 2.45) is 0 Å². The van der Waals surface area contributed by atoms with Gasteiger partial charge in [0.1, 0.15) is 11.6 Å². The summed E-state index contributed by atoms with van der Waals surface area (Å²) in [4.78, 5) is 17.8. The quantitative estimate of drug-likeness (QED) is 0.489. The summed E-state index contributed by atoms with van der Waals surface area (Å²) in [6, 6.07) is 1.42. The van der Waals surface area contributed by atoms with Crippen LogP contribution >= 0.6 is 0 Å². The molecule has 0 aliphatic rings. The van der Waals surface area contributed by atoms with Gasteiger partial charge in [-0.2, -0.15) is 0 Å². The zero-order chi connectivity index (χ0) is 12.0. The van der Waals surface area contributed by atoms with Crippen molar-refractivity contribution in [2.75, 3.05) is 25.0 Å². The van der Waals surface area contributed by atoms with Crippen molar-refractivity contribution in [1.29, 1.82) is 0 Å². The lowest BCUT2D eigenvalue weighted by molar-refractivity contribution is 0.192. The number of nitrogens with one attached hydrogen (secondary N) is 3. The molecule has 1 aromatic rings. The summed E-state index contributed by atoms with van der Waals surface area (Å²) < 4.78 is 0. The molecule has 0 fully saturated rings. The van der Waals surface area contributed by atoms with Crippen LogP contribution in [0.4, 0.5) is 5.82 Å². The van der Waals surface area contributed by atoms with Gasteiger partial charge in [0, 0.05) is 25.7 Å². The fourth-order valence-corrected chi connectivity index (χ4v) is 1.26. The van der Waals surface area contributed by atoms with Crippen LogP contribution in [0.25, 0.3) is 0 Å². The summed E-state index contributed by atoms with van der Waals surface area (Å²) in [5, 5.41) is 15.1. The van der Waals surface area contributed by atoms with Crippen molar-refractivity contribution in [3.05, 3.63) is 22.2 Å². The van der Waals surface area contributed by atoms with Crippen LogP contribution in [-0.4, -0.2) is 40.8 Å². The van der Waals surface area contributed by atoms with E-state index in [2.05, 4.69) is 20.6 Å². The topological polar surface area (TPSA) is 90.0 Å². The van der Waals surface area contributed by atoms with Gasteiger partial charge in [0.15, 0.2) is 0 Å². The number of aromatic amines is 1. The first kappa shape index (κ1) is 12.7. The SMILES string of the molecule is Cc1nc(NCCNCC(C)O)cc(=O)[nH]1. The second-order valence-corrected chi connectivity index (χ2v) is 3.70. The molecule has 0 spiro atoms. The molecule has 0 saturated carbocycles. The van der Waals surface area contributed by atoms with Gasteiger partial charge in [-0.05, 0) is 13.8 Å². The smallest absolute Gasteiger partial charge is 0.252 e. The van der Waals surface area contributed by atoms with Crippen molar-refractivity contribution in [2.45, 2.75) is 20.0 Å². The zero-order valence-electron chi connectivity index (χ0n) is 9.58. The summed E-state index contributed by atoms with van der Waals surface area (Å²) in [5.74, 6) is 1.16. The normalized spacial score (nSPS) is 12.4. The molecular formula is C10H18N4O2. The van der Waals surface area contributed by atoms with Crippen molar-refractivity contribution < 1.29 is 5.11 Å². The number of aromatic nitrogens is 2. The summed E-state index contributed by atoms with van der Waals surface area (Å²) in [5.41, 5.74) is -0.160. The van der Waals surface area contributed by atoms with Gasteiger partial charge in [-0.3, -0.25) is 4.79 Å². The third kappa shape index (κ3) is 4.90. The van der Waals surface area contributed by atoms with E-state index in [-0.39, 0.29) is 11.7 Å². The molecule has 0 bridgehead atoms. The first-order chi connectivity index (χ1) is 7.58. The lowest BCUT2D eigenvalue weighted by atomic mass is 10.4. The minimum atomic E-state index is -0.347. The Labute approximate surface area is 94.1 Å². The van der Waals surface area contributed by atoms with E-state index in [1.54, 1.807) is 13.8 Å². The Morgan fingerprint density at radius 1 is 1.56 bits per heavy atom. The molecule has 1 unspecified atom stereocenters. The van der Waals surface area contributed by atoms with Crippen LogP contribution in [0.5, 0.6) is 0 Å². The fourth-order valence-electron chi connectivity index (χ4n) is 1.26. The summed E-state index contributed by atoms with van der Waals surface area (Å²) in [6.07, 6.45) is -0.347. The van der Waals surface area contributed by atoms with E-state index < -0.39 is 0 Å². The van der Waals surface area contributed by atoms with Crippen LogP contribution in [0.2, 0.25) is 0 Å². The predicted molar refractivity (Wildman–Crippen MR) is 62.6 cm³/mol. The largest absolute Gasteiger partial charge is 0.392 e. The minimum Gasteiger partial charge on any atom is -0.392 e. The fraction of sp³-hybridized carbons (Fsp3) is 0.600. The zero-order valence-corrected chi connectivity index (χ0v) is 9.58. The third-order valence-electron chi connectivity index (χ3n) is 1.91. The number of anilines is 1. The average Bonchev–Trinajstić information content (AvgIpc) is 2.15. The molecule has 1 heterocycles. The molecule has 6 heteroatoms. The van der Waals surface area contributed by atoms with Crippen LogP contribution < -0.4 is 16.2 Å². The highest BCUT2D eigenvalue weighted by Gasteiger charge is 1.97. The standard InChI is InChI=1S/C10H18N4O2/c1-7(15)6-11-3-4-12-9-5-10(16)14-8(2)13-9/h5,7,11,15H,3-4,6H2,1-2H3,(H2,12,13,14,16). The van der Waals surface area contributed by atoms with Crippen molar-refractivity contribution >= 4 is 5.82 Å². The van der Waals surface area contributed by atoms with Gasteiger partial charge in [-0.1, -0.05) is 0 Å². The monoisotopic (exact) mass is 226 g/mol. The van der Waals surface area contributed by atoms with Gasteiger partial charge in [-0.15, -0.1) is 0 Å². The summed E-state index contributed by atoms with van der Waals surface area (Å²) in [7, 11) is 0. The Bertz CT molecular complexity index is 375. The maximum atomic E-state index is 11.1. The Morgan fingerprint density at radius 3 is 2.94 bits per heavy atom. The van der Waals surface area contributed by atoms with E-state index in [1.807, 2.05) is 0 Å². The van der Waals surface area contributed by atoms with E-state index >= 15 is 0 Å². The number of nitrogens with zero attached hydrogens (tertiary/aromatic N) is 1. The lowest BCUT2D eigenvalue weighted by Crippen LogP contribution is -2.29. The maximum Gasteiger partial charge on any atom is 0.252 e. The predicted octanol–water partition coefficient (Wildman–Crippen LogP) is -0.539. The Balaban J connectivity index is 2.29. The van der Waals surface area contributed by atoms with E-state index in [4.69, 9.17) is 5.11 Å². The van der Waals surface area contributed by atoms with Gasteiger partial charge in [0.2, 0.25) is 0 Å². The van der Waals surface area contributed by atoms with Crippen molar-refractivity contribution in [1.82, 2.24) is 15.3 Å². The van der Waals surface area contributed by atoms with E-state index in [0.29, 0.717) is 31.3 Å². The van der Waals surface area contributed by atoms with Gasteiger partial charge < -0.3 is 20.7 Å². The number of aliphatic hydroxyl groups is 1. The molecule has 1 rings (SSSR count). The third-order valence-corrected chi connectivity index (χ3v) is 1.91. The second kappa shape index (κ2) is 6.24. The number of aryl methyl sites for hydroxylation is 1. The highest BCUT2D eigenvalue weighted by atomic mass is 16.3. The Kier molecular flexibility index (Phi) is 4.94. The van der Waals surface area contributed by atoms with E-state index in [9.17, 15) is 4.79 Å². The molecule has 0 saturated heterocycles. The van der Waals surface area contributed by atoms with E-state index in [0.717, 1.165) is 0 Å². The molecule has 16 heavy (non-hydrogen) atoms. The molecule has 0 amide bonds. The molecule has 90 valence electrons. The molecular weight excluding hydrogens is 208 g/mol.